The second-order valence-corrected chi connectivity index (χ2v) is 8.95. The van der Waals surface area contributed by atoms with Crippen LogP contribution < -0.4 is 0 Å². The van der Waals surface area contributed by atoms with E-state index >= 15 is 0 Å². The van der Waals surface area contributed by atoms with Crippen molar-refractivity contribution in [2.24, 2.45) is 11.3 Å². The van der Waals surface area contributed by atoms with E-state index in [9.17, 15) is 9.90 Å². The Labute approximate surface area is 168 Å². The summed E-state index contributed by atoms with van der Waals surface area (Å²) in [6.45, 7) is 3.93. The number of thiophene rings is 1. The molecule has 2 atom stereocenters. The predicted octanol–water partition coefficient (Wildman–Crippen LogP) is 3.37. The van der Waals surface area contributed by atoms with Crippen molar-refractivity contribution >= 4 is 34.9 Å². The maximum absolute atomic E-state index is 12.6. The fourth-order valence-electron chi connectivity index (χ4n) is 4.28. The van der Waals surface area contributed by atoms with Crippen molar-refractivity contribution in [1.29, 1.82) is 0 Å². The fourth-order valence-corrected chi connectivity index (χ4v) is 5.42. The summed E-state index contributed by atoms with van der Waals surface area (Å²) in [7, 11) is 0. The summed E-state index contributed by atoms with van der Waals surface area (Å²) in [5.74, 6) is 0.323. The quantitative estimate of drug-likeness (QED) is 0.780. The van der Waals surface area contributed by atoms with E-state index in [1.165, 1.54) is 4.88 Å². The van der Waals surface area contributed by atoms with Crippen LogP contribution in [0.3, 0.4) is 0 Å². The molecule has 0 spiro atoms. The third-order valence-electron chi connectivity index (χ3n) is 5.73. The average molecular weight is 403 g/mol. The van der Waals surface area contributed by atoms with Crippen molar-refractivity contribution in [3.05, 3.63) is 63.3 Å². The first-order chi connectivity index (χ1) is 13.1. The van der Waals surface area contributed by atoms with Gasteiger partial charge in [-0.05, 0) is 29.0 Å². The molecule has 2 aliphatic heterocycles. The normalized spacial score (nSPS) is 25.4. The van der Waals surface area contributed by atoms with E-state index in [-0.39, 0.29) is 17.9 Å². The standard InChI is InChI=1S/C21H23ClN2O2S/c22-18-8-9-27-19(18)12-23-10-17-11-24(14-21(17,13-23)15-25)20(26)7-6-16-4-2-1-3-5-16/h1-9,17,25H,10-15H2/b7-6+/t17-,21+/m0/s1. The molecule has 1 amide bonds. The Morgan fingerprint density at radius 3 is 2.74 bits per heavy atom. The van der Waals surface area contributed by atoms with Gasteiger partial charge in [0.25, 0.3) is 0 Å². The molecule has 2 fully saturated rings. The van der Waals surface area contributed by atoms with Gasteiger partial charge in [-0.1, -0.05) is 41.9 Å². The number of fused-ring (bicyclic) bond motifs is 1. The molecular formula is C21H23ClN2O2S. The van der Waals surface area contributed by atoms with Crippen LogP contribution in [0.1, 0.15) is 10.4 Å². The minimum atomic E-state index is -0.222. The highest BCUT2D eigenvalue weighted by Gasteiger charge is 2.52. The molecule has 0 bridgehead atoms. The van der Waals surface area contributed by atoms with Crippen LogP contribution in [-0.2, 0) is 11.3 Å². The number of likely N-dealkylation sites (tertiary alicyclic amines) is 2. The smallest absolute Gasteiger partial charge is 0.246 e. The molecule has 27 heavy (non-hydrogen) atoms. The lowest BCUT2D eigenvalue weighted by molar-refractivity contribution is -0.125. The van der Waals surface area contributed by atoms with Gasteiger partial charge in [-0.3, -0.25) is 9.69 Å². The molecule has 4 nitrogen and oxygen atoms in total. The molecule has 4 rings (SSSR count). The first-order valence-corrected chi connectivity index (χ1v) is 10.4. The number of hydrogen-bond donors (Lipinski definition) is 1. The summed E-state index contributed by atoms with van der Waals surface area (Å²) >= 11 is 7.90. The van der Waals surface area contributed by atoms with Gasteiger partial charge < -0.3 is 10.0 Å². The molecule has 1 aromatic heterocycles. The Morgan fingerprint density at radius 1 is 1.26 bits per heavy atom. The van der Waals surface area contributed by atoms with Gasteiger partial charge in [0.15, 0.2) is 0 Å². The van der Waals surface area contributed by atoms with Crippen LogP contribution in [0.25, 0.3) is 6.08 Å². The highest BCUT2D eigenvalue weighted by Crippen LogP contribution is 2.43. The fraction of sp³-hybridized carbons (Fsp3) is 0.381. The molecule has 0 aliphatic carbocycles. The van der Waals surface area contributed by atoms with Gasteiger partial charge in [-0.15, -0.1) is 11.3 Å². The molecule has 2 saturated heterocycles. The number of carbonyl (C=O) groups is 1. The molecule has 1 aromatic carbocycles. The van der Waals surface area contributed by atoms with Crippen molar-refractivity contribution in [1.82, 2.24) is 9.80 Å². The number of nitrogens with zero attached hydrogens (tertiary/aromatic N) is 2. The number of amides is 1. The largest absolute Gasteiger partial charge is 0.396 e. The van der Waals surface area contributed by atoms with Gasteiger partial charge in [0, 0.05) is 49.1 Å². The van der Waals surface area contributed by atoms with Crippen LogP contribution in [0.2, 0.25) is 5.02 Å². The van der Waals surface area contributed by atoms with E-state index in [2.05, 4.69) is 4.90 Å². The Kier molecular flexibility index (Phi) is 5.37. The molecule has 2 aromatic rings. The molecule has 3 heterocycles. The van der Waals surface area contributed by atoms with Gasteiger partial charge in [0.1, 0.15) is 0 Å². The maximum Gasteiger partial charge on any atom is 0.246 e. The zero-order valence-corrected chi connectivity index (χ0v) is 16.6. The Balaban J connectivity index is 1.40. The molecular weight excluding hydrogens is 380 g/mol. The van der Waals surface area contributed by atoms with Crippen molar-refractivity contribution in [2.45, 2.75) is 6.54 Å². The zero-order valence-electron chi connectivity index (χ0n) is 15.1. The van der Waals surface area contributed by atoms with Crippen LogP contribution in [0, 0.1) is 11.3 Å². The number of halogens is 1. The number of aliphatic hydroxyl groups is 1. The van der Waals surface area contributed by atoms with Gasteiger partial charge in [-0.2, -0.15) is 0 Å². The van der Waals surface area contributed by atoms with Crippen LogP contribution in [0.5, 0.6) is 0 Å². The van der Waals surface area contributed by atoms with Crippen molar-refractivity contribution in [2.75, 3.05) is 32.8 Å². The third-order valence-corrected chi connectivity index (χ3v) is 7.10. The van der Waals surface area contributed by atoms with E-state index < -0.39 is 0 Å². The Bertz CT molecular complexity index is 838. The lowest BCUT2D eigenvalue weighted by atomic mass is 9.82. The van der Waals surface area contributed by atoms with E-state index in [0.717, 1.165) is 30.2 Å². The lowest BCUT2D eigenvalue weighted by Gasteiger charge is -2.27. The summed E-state index contributed by atoms with van der Waals surface area (Å²) in [6, 6.07) is 11.8. The molecule has 2 aliphatic rings. The number of rotatable bonds is 5. The number of carbonyl (C=O) groups excluding carboxylic acids is 1. The number of aliphatic hydroxyl groups excluding tert-OH is 1. The van der Waals surface area contributed by atoms with Crippen LogP contribution in [0.4, 0.5) is 0 Å². The number of hydrogen-bond acceptors (Lipinski definition) is 4. The first kappa shape index (κ1) is 18.7. The lowest BCUT2D eigenvalue weighted by Crippen LogP contribution is -2.38. The Hall–Kier alpha value is -1.66. The molecule has 0 radical (unpaired) electrons. The predicted molar refractivity (Wildman–Crippen MR) is 110 cm³/mol. The van der Waals surface area contributed by atoms with E-state index in [4.69, 9.17) is 11.6 Å². The molecule has 142 valence electrons. The van der Waals surface area contributed by atoms with Crippen molar-refractivity contribution in [3.8, 4) is 0 Å². The molecule has 6 heteroatoms. The van der Waals surface area contributed by atoms with Crippen LogP contribution in [0.15, 0.2) is 47.9 Å². The van der Waals surface area contributed by atoms with Gasteiger partial charge in [0.2, 0.25) is 5.91 Å². The second kappa shape index (κ2) is 7.76. The summed E-state index contributed by atoms with van der Waals surface area (Å²) in [5, 5.41) is 13.0. The van der Waals surface area contributed by atoms with E-state index in [1.54, 1.807) is 17.4 Å². The van der Waals surface area contributed by atoms with Gasteiger partial charge in [-0.25, -0.2) is 0 Å². The van der Waals surface area contributed by atoms with Crippen molar-refractivity contribution in [3.63, 3.8) is 0 Å². The first-order valence-electron chi connectivity index (χ1n) is 9.17. The monoisotopic (exact) mass is 402 g/mol. The molecule has 0 saturated carbocycles. The minimum absolute atomic E-state index is 0.0222. The SMILES string of the molecule is O=C(/C=C/c1ccccc1)N1C[C@@H]2CN(Cc3sccc3Cl)C[C@]2(CO)C1. The topological polar surface area (TPSA) is 43.8 Å². The zero-order chi connectivity index (χ0) is 18.9. The summed E-state index contributed by atoms with van der Waals surface area (Å²) < 4.78 is 0. The summed E-state index contributed by atoms with van der Waals surface area (Å²) in [5.41, 5.74) is 0.793. The summed E-state index contributed by atoms with van der Waals surface area (Å²) in [6.07, 6.45) is 3.50. The van der Waals surface area contributed by atoms with Crippen molar-refractivity contribution < 1.29 is 9.90 Å². The maximum atomic E-state index is 12.6. The summed E-state index contributed by atoms with van der Waals surface area (Å²) in [4.78, 5) is 18.0. The van der Waals surface area contributed by atoms with Gasteiger partial charge >= 0.3 is 0 Å². The third kappa shape index (κ3) is 3.83. The average Bonchev–Trinajstić information content (AvgIpc) is 3.33. The Morgan fingerprint density at radius 2 is 2.07 bits per heavy atom. The highest BCUT2D eigenvalue weighted by atomic mass is 35.5. The van der Waals surface area contributed by atoms with E-state index in [1.807, 2.05) is 52.8 Å². The molecule has 0 unspecified atom stereocenters. The highest BCUT2D eigenvalue weighted by molar-refractivity contribution is 7.10. The molecule has 1 N–H and O–H groups in total. The van der Waals surface area contributed by atoms with Crippen LogP contribution >= 0.6 is 22.9 Å². The minimum Gasteiger partial charge on any atom is -0.396 e. The van der Waals surface area contributed by atoms with Crippen LogP contribution in [-0.4, -0.2) is 53.6 Å². The second-order valence-electron chi connectivity index (χ2n) is 7.54. The van der Waals surface area contributed by atoms with Gasteiger partial charge in [0.05, 0.1) is 11.6 Å². The number of benzene rings is 1. The van der Waals surface area contributed by atoms with E-state index in [0.29, 0.717) is 19.0 Å².